The lowest BCUT2D eigenvalue weighted by Gasteiger charge is -2.37. The van der Waals surface area contributed by atoms with Gasteiger partial charge in [0.15, 0.2) is 5.69 Å². The third-order valence-corrected chi connectivity index (χ3v) is 4.10. The molecule has 122 valence electrons. The van der Waals surface area contributed by atoms with Gasteiger partial charge in [0.25, 0.3) is 0 Å². The Balaban J connectivity index is 1.80. The predicted octanol–water partition coefficient (Wildman–Crippen LogP) is 2.85. The van der Waals surface area contributed by atoms with Crippen molar-refractivity contribution in [3.05, 3.63) is 35.0 Å². The third-order valence-electron chi connectivity index (χ3n) is 3.80. The summed E-state index contributed by atoms with van der Waals surface area (Å²) in [5.74, 6) is -0.460. The highest BCUT2D eigenvalue weighted by Gasteiger charge is 2.34. The Morgan fingerprint density at radius 1 is 1.48 bits per heavy atom. The molecule has 2 aromatic rings. The van der Waals surface area contributed by atoms with Crippen LogP contribution in [0.4, 0.5) is 0 Å². The maximum atomic E-state index is 11.0. The molecule has 0 amide bonds. The summed E-state index contributed by atoms with van der Waals surface area (Å²) in [5.41, 5.74) is 1.50. The van der Waals surface area contributed by atoms with Crippen LogP contribution < -0.4 is 4.74 Å². The average Bonchev–Trinajstić information content (AvgIpc) is 2.86. The van der Waals surface area contributed by atoms with Gasteiger partial charge in [-0.05, 0) is 24.3 Å². The van der Waals surface area contributed by atoms with Gasteiger partial charge in [-0.1, -0.05) is 18.5 Å². The van der Waals surface area contributed by atoms with Crippen molar-refractivity contribution in [1.29, 1.82) is 0 Å². The van der Waals surface area contributed by atoms with Crippen molar-refractivity contribution < 1.29 is 19.4 Å². The molecule has 1 N–H and O–H groups in total. The highest BCUT2D eigenvalue weighted by atomic mass is 35.5. The van der Waals surface area contributed by atoms with Crippen LogP contribution in [-0.4, -0.2) is 40.7 Å². The van der Waals surface area contributed by atoms with Gasteiger partial charge in [0, 0.05) is 18.0 Å². The van der Waals surface area contributed by atoms with E-state index in [0.717, 1.165) is 5.56 Å². The zero-order valence-electron chi connectivity index (χ0n) is 12.9. The van der Waals surface area contributed by atoms with Crippen molar-refractivity contribution in [2.45, 2.75) is 6.92 Å². The largest absolute Gasteiger partial charge is 0.491 e. The number of carboxylic acid groups (broad SMARTS) is 1. The minimum absolute atomic E-state index is 0.00291. The van der Waals surface area contributed by atoms with Crippen LogP contribution in [-0.2, 0) is 11.8 Å². The summed E-state index contributed by atoms with van der Waals surface area (Å²) in [5, 5.41) is 13.4. The van der Waals surface area contributed by atoms with Crippen LogP contribution in [0.15, 0.2) is 24.3 Å². The van der Waals surface area contributed by atoms with Crippen molar-refractivity contribution in [3.8, 4) is 17.0 Å². The molecule has 3 rings (SSSR count). The van der Waals surface area contributed by atoms with Crippen molar-refractivity contribution in [2.75, 3.05) is 19.8 Å². The Kier molecular flexibility index (Phi) is 4.04. The normalized spacial score (nSPS) is 16.0. The zero-order chi connectivity index (χ0) is 16.6. The molecule has 0 radical (unpaired) electrons. The van der Waals surface area contributed by atoms with E-state index in [0.29, 0.717) is 36.3 Å². The monoisotopic (exact) mass is 336 g/mol. The summed E-state index contributed by atoms with van der Waals surface area (Å²) < 4.78 is 12.5. The first kappa shape index (κ1) is 15.8. The number of halogens is 1. The molecular weight excluding hydrogens is 320 g/mol. The molecule has 1 aromatic carbocycles. The minimum atomic E-state index is -1.06. The highest BCUT2D eigenvalue weighted by molar-refractivity contribution is 6.32. The molecule has 0 atom stereocenters. The summed E-state index contributed by atoms with van der Waals surface area (Å²) in [4.78, 5) is 11.0. The fourth-order valence-corrected chi connectivity index (χ4v) is 2.64. The molecule has 2 heterocycles. The number of carbonyl (C=O) groups is 1. The lowest BCUT2D eigenvalue weighted by Crippen LogP contribution is -2.44. The fourth-order valence-electron chi connectivity index (χ4n) is 2.40. The van der Waals surface area contributed by atoms with Crippen LogP contribution in [0.5, 0.6) is 5.75 Å². The van der Waals surface area contributed by atoms with E-state index in [2.05, 4.69) is 12.0 Å². The molecule has 1 saturated heterocycles. The molecule has 23 heavy (non-hydrogen) atoms. The van der Waals surface area contributed by atoms with E-state index in [9.17, 15) is 4.79 Å². The van der Waals surface area contributed by atoms with Gasteiger partial charge >= 0.3 is 5.97 Å². The van der Waals surface area contributed by atoms with E-state index >= 15 is 0 Å². The second kappa shape index (κ2) is 5.86. The van der Waals surface area contributed by atoms with Gasteiger partial charge in [-0.25, -0.2) is 4.79 Å². The van der Waals surface area contributed by atoms with Crippen LogP contribution in [0.2, 0.25) is 5.02 Å². The molecule has 0 bridgehead atoms. The number of aromatic carboxylic acids is 1. The van der Waals surface area contributed by atoms with Gasteiger partial charge in [0.05, 0.1) is 30.5 Å². The summed E-state index contributed by atoms with van der Waals surface area (Å²) in [7, 11) is 1.69. The molecule has 1 aromatic heterocycles. The van der Waals surface area contributed by atoms with Gasteiger partial charge in [0.1, 0.15) is 5.75 Å². The van der Waals surface area contributed by atoms with E-state index in [1.54, 1.807) is 19.2 Å². The summed E-state index contributed by atoms with van der Waals surface area (Å²) in [6.45, 7) is 4.02. The van der Waals surface area contributed by atoms with E-state index in [1.807, 2.05) is 6.07 Å². The quantitative estimate of drug-likeness (QED) is 0.908. The van der Waals surface area contributed by atoms with Crippen LogP contribution in [0.1, 0.15) is 17.4 Å². The van der Waals surface area contributed by atoms with Crippen LogP contribution in [0.3, 0.4) is 0 Å². The lowest BCUT2D eigenvalue weighted by atomic mass is 9.90. The van der Waals surface area contributed by atoms with Gasteiger partial charge < -0.3 is 14.6 Å². The Bertz CT molecular complexity index is 753. The molecule has 1 aliphatic heterocycles. The van der Waals surface area contributed by atoms with Crippen molar-refractivity contribution in [2.24, 2.45) is 12.5 Å². The maximum absolute atomic E-state index is 11.0. The van der Waals surface area contributed by atoms with Gasteiger partial charge in [-0.3, -0.25) is 4.68 Å². The Hall–Kier alpha value is -2.05. The summed E-state index contributed by atoms with van der Waals surface area (Å²) in [6.07, 6.45) is 0. The number of aryl methyl sites for hydroxylation is 1. The van der Waals surface area contributed by atoms with Gasteiger partial charge in [-0.2, -0.15) is 5.10 Å². The average molecular weight is 337 g/mol. The third kappa shape index (κ3) is 3.18. The van der Waals surface area contributed by atoms with Crippen molar-refractivity contribution in [1.82, 2.24) is 9.78 Å². The zero-order valence-corrected chi connectivity index (χ0v) is 13.6. The lowest BCUT2D eigenvalue weighted by molar-refractivity contribution is -0.120. The molecule has 6 nitrogen and oxygen atoms in total. The molecule has 7 heteroatoms. The van der Waals surface area contributed by atoms with Gasteiger partial charge in [0.2, 0.25) is 0 Å². The smallest absolute Gasteiger partial charge is 0.356 e. The number of hydrogen-bond acceptors (Lipinski definition) is 4. The second-order valence-electron chi connectivity index (χ2n) is 6.08. The summed E-state index contributed by atoms with van der Waals surface area (Å²) in [6, 6.07) is 6.89. The number of nitrogens with zero attached hydrogens (tertiary/aromatic N) is 2. The fraction of sp³-hybridized carbons (Fsp3) is 0.375. The van der Waals surface area contributed by atoms with Crippen molar-refractivity contribution >= 4 is 17.6 Å². The first-order valence-corrected chi connectivity index (χ1v) is 7.54. The molecule has 1 aliphatic rings. The molecule has 1 fully saturated rings. The van der Waals surface area contributed by atoms with E-state index in [1.165, 1.54) is 10.7 Å². The summed E-state index contributed by atoms with van der Waals surface area (Å²) >= 11 is 6.29. The predicted molar refractivity (Wildman–Crippen MR) is 85.0 cm³/mol. The van der Waals surface area contributed by atoms with Crippen molar-refractivity contribution in [3.63, 3.8) is 0 Å². The Labute approximate surface area is 138 Å². The molecule has 0 saturated carbocycles. The first-order chi connectivity index (χ1) is 10.9. The van der Waals surface area contributed by atoms with E-state index in [-0.39, 0.29) is 11.1 Å². The van der Waals surface area contributed by atoms with Crippen LogP contribution >= 0.6 is 11.6 Å². The van der Waals surface area contributed by atoms with Gasteiger partial charge in [-0.15, -0.1) is 0 Å². The second-order valence-corrected chi connectivity index (χ2v) is 6.49. The number of aromatic nitrogens is 2. The van der Waals surface area contributed by atoms with Crippen LogP contribution in [0.25, 0.3) is 11.3 Å². The standard InChI is InChI=1S/C16H17ClN2O4/c1-16(7-22-8-16)9-23-14-4-3-10(5-11(14)17)13-6-12(15(20)21)18-19(13)2/h3-6H,7-9H2,1-2H3,(H,20,21). The Morgan fingerprint density at radius 3 is 2.74 bits per heavy atom. The molecule has 0 aliphatic carbocycles. The maximum Gasteiger partial charge on any atom is 0.356 e. The Morgan fingerprint density at radius 2 is 2.22 bits per heavy atom. The van der Waals surface area contributed by atoms with Crippen LogP contribution in [0, 0.1) is 5.41 Å². The van der Waals surface area contributed by atoms with E-state index in [4.69, 9.17) is 26.2 Å². The topological polar surface area (TPSA) is 73.6 Å². The highest BCUT2D eigenvalue weighted by Crippen LogP contribution is 2.33. The number of benzene rings is 1. The minimum Gasteiger partial charge on any atom is -0.491 e. The number of hydrogen-bond donors (Lipinski definition) is 1. The number of carboxylic acids is 1. The van der Waals surface area contributed by atoms with E-state index < -0.39 is 5.97 Å². The number of ether oxygens (including phenoxy) is 2. The SMILES string of the molecule is Cn1nc(C(=O)O)cc1-c1ccc(OCC2(C)COC2)c(Cl)c1. The molecular formula is C16H17ClN2O4. The number of rotatable bonds is 5. The first-order valence-electron chi connectivity index (χ1n) is 7.16. The molecule has 0 unspecified atom stereocenters. The molecule has 0 spiro atoms.